The van der Waals surface area contributed by atoms with E-state index in [4.69, 9.17) is 16.3 Å². The average Bonchev–Trinajstić information content (AvgIpc) is 3.12. The summed E-state index contributed by atoms with van der Waals surface area (Å²) >= 11 is 6.98. The van der Waals surface area contributed by atoms with Crippen molar-refractivity contribution >= 4 is 34.0 Å². The largest absolute Gasteiger partial charge is 0.493 e. The third-order valence-corrected chi connectivity index (χ3v) is 5.25. The molecule has 0 saturated heterocycles. The van der Waals surface area contributed by atoms with Gasteiger partial charge < -0.3 is 4.74 Å². The molecule has 1 amide bonds. The van der Waals surface area contributed by atoms with Crippen LogP contribution in [-0.4, -0.2) is 17.5 Å². The summed E-state index contributed by atoms with van der Waals surface area (Å²) in [5.74, 6) is 0.0590. The molecule has 0 aliphatic heterocycles. The predicted octanol–water partition coefficient (Wildman–Crippen LogP) is 6.45. The highest BCUT2D eigenvalue weighted by molar-refractivity contribution is 7.15. The zero-order valence-corrected chi connectivity index (χ0v) is 17.5. The number of nitrogens with zero attached hydrogens (tertiary/aromatic N) is 1. The van der Waals surface area contributed by atoms with Crippen molar-refractivity contribution in [1.82, 2.24) is 4.98 Å². The molecule has 1 N–H and O–H groups in total. The molecular formula is C21H18ClF3N2O2S. The number of alkyl halides is 3. The molecule has 4 nitrogen and oxygen atoms in total. The summed E-state index contributed by atoms with van der Waals surface area (Å²) < 4.78 is 45.3. The molecule has 1 heterocycles. The van der Waals surface area contributed by atoms with Crippen LogP contribution in [0.15, 0.2) is 48.7 Å². The number of anilines is 1. The zero-order valence-electron chi connectivity index (χ0n) is 15.9. The standard InChI is InChI=1S/C21H18ClF3N2O2S/c1-2-9-29-18-6-4-3-5-16(18)19(28)27-20-26-12-15(30-20)11-13-10-14(22)7-8-17(13)21(23,24)25/h3-8,10,12H,2,9,11H2,1H3,(H,26,27,28). The van der Waals surface area contributed by atoms with Gasteiger partial charge in [0.05, 0.1) is 17.7 Å². The van der Waals surface area contributed by atoms with Crippen molar-refractivity contribution < 1.29 is 22.7 Å². The molecule has 1 aromatic heterocycles. The van der Waals surface area contributed by atoms with Gasteiger partial charge in [-0.1, -0.05) is 30.7 Å². The number of nitrogens with one attached hydrogen (secondary N) is 1. The first-order chi connectivity index (χ1) is 14.3. The lowest BCUT2D eigenvalue weighted by molar-refractivity contribution is -0.138. The molecule has 0 unspecified atom stereocenters. The second-order valence-electron chi connectivity index (χ2n) is 6.41. The van der Waals surface area contributed by atoms with Crippen molar-refractivity contribution in [3.05, 3.63) is 75.3 Å². The van der Waals surface area contributed by atoms with Crippen molar-refractivity contribution in [2.45, 2.75) is 25.9 Å². The summed E-state index contributed by atoms with van der Waals surface area (Å²) in [5, 5.41) is 3.19. The van der Waals surface area contributed by atoms with Crippen LogP contribution in [0.5, 0.6) is 5.75 Å². The quantitative estimate of drug-likeness (QED) is 0.446. The molecule has 0 aliphatic rings. The molecule has 0 saturated carbocycles. The van der Waals surface area contributed by atoms with E-state index in [2.05, 4.69) is 10.3 Å². The van der Waals surface area contributed by atoms with E-state index >= 15 is 0 Å². The summed E-state index contributed by atoms with van der Waals surface area (Å²) in [6.07, 6.45) is -2.24. The fraction of sp³-hybridized carbons (Fsp3) is 0.238. The average molecular weight is 455 g/mol. The lowest BCUT2D eigenvalue weighted by Gasteiger charge is -2.12. The van der Waals surface area contributed by atoms with Crippen LogP contribution in [0.4, 0.5) is 18.3 Å². The molecule has 0 radical (unpaired) electrons. The number of rotatable bonds is 7. The summed E-state index contributed by atoms with van der Waals surface area (Å²) in [4.78, 5) is 17.3. The SMILES string of the molecule is CCCOc1ccccc1C(=O)Nc1ncc(Cc2cc(Cl)ccc2C(F)(F)F)s1. The topological polar surface area (TPSA) is 51.2 Å². The Kier molecular flexibility index (Phi) is 6.99. The highest BCUT2D eigenvalue weighted by Crippen LogP contribution is 2.35. The van der Waals surface area contributed by atoms with Gasteiger partial charge >= 0.3 is 6.18 Å². The van der Waals surface area contributed by atoms with Gasteiger partial charge in [-0.2, -0.15) is 13.2 Å². The minimum absolute atomic E-state index is 0.000855. The predicted molar refractivity (Wildman–Crippen MR) is 112 cm³/mol. The van der Waals surface area contributed by atoms with Crippen LogP contribution in [0.2, 0.25) is 5.02 Å². The maximum absolute atomic E-state index is 13.2. The number of aromatic nitrogens is 1. The molecule has 9 heteroatoms. The van der Waals surface area contributed by atoms with E-state index in [9.17, 15) is 18.0 Å². The first-order valence-corrected chi connectivity index (χ1v) is 10.3. The minimum Gasteiger partial charge on any atom is -0.493 e. The Bertz CT molecular complexity index is 1040. The third-order valence-electron chi connectivity index (χ3n) is 4.10. The van der Waals surface area contributed by atoms with Crippen LogP contribution in [0, 0.1) is 0 Å². The van der Waals surface area contributed by atoms with Gasteiger partial charge in [0.1, 0.15) is 5.75 Å². The summed E-state index contributed by atoms with van der Waals surface area (Å²) in [5.41, 5.74) is -0.334. The molecule has 0 fully saturated rings. The Morgan fingerprint density at radius 2 is 2.00 bits per heavy atom. The molecular weight excluding hydrogens is 437 g/mol. The first-order valence-electron chi connectivity index (χ1n) is 9.11. The van der Waals surface area contributed by atoms with E-state index in [1.165, 1.54) is 18.3 Å². The van der Waals surface area contributed by atoms with E-state index in [-0.39, 0.29) is 22.1 Å². The van der Waals surface area contributed by atoms with Crippen LogP contribution >= 0.6 is 22.9 Å². The molecule has 0 aliphatic carbocycles. The highest BCUT2D eigenvalue weighted by atomic mass is 35.5. The molecule has 0 atom stereocenters. The van der Waals surface area contributed by atoms with Gasteiger partial charge in [0.2, 0.25) is 0 Å². The number of hydrogen-bond acceptors (Lipinski definition) is 4. The molecule has 158 valence electrons. The van der Waals surface area contributed by atoms with Crippen LogP contribution in [-0.2, 0) is 12.6 Å². The fourth-order valence-electron chi connectivity index (χ4n) is 2.78. The van der Waals surface area contributed by atoms with Crippen LogP contribution < -0.4 is 10.1 Å². The van der Waals surface area contributed by atoms with Gasteiger partial charge in [-0.05, 0) is 42.3 Å². The Hall–Kier alpha value is -2.58. The molecule has 0 bridgehead atoms. The lowest BCUT2D eigenvalue weighted by atomic mass is 10.0. The maximum atomic E-state index is 13.2. The zero-order chi connectivity index (χ0) is 21.7. The Morgan fingerprint density at radius 3 is 2.73 bits per heavy atom. The Labute approximate surface area is 180 Å². The first kappa shape index (κ1) is 22.1. The number of thiazole rings is 1. The smallest absolute Gasteiger partial charge is 0.416 e. The van der Waals surface area contributed by atoms with E-state index < -0.39 is 17.6 Å². The summed E-state index contributed by atoms with van der Waals surface area (Å²) in [6.45, 7) is 2.44. The van der Waals surface area contributed by atoms with Crippen molar-refractivity contribution in [3.8, 4) is 5.75 Å². The number of amides is 1. The normalized spacial score (nSPS) is 11.4. The second kappa shape index (κ2) is 9.49. The van der Waals surface area contributed by atoms with E-state index in [1.54, 1.807) is 24.3 Å². The molecule has 3 rings (SSSR count). The van der Waals surface area contributed by atoms with Gasteiger partial charge in [-0.3, -0.25) is 10.1 Å². The lowest BCUT2D eigenvalue weighted by Crippen LogP contribution is -2.13. The van der Waals surface area contributed by atoms with Gasteiger partial charge in [-0.15, -0.1) is 11.3 Å². The number of carbonyl (C=O) groups is 1. The van der Waals surface area contributed by atoms with E-state index in [0.29, 0.717) is 22.8 Å². The molecule has 30 heavy (non-hydrogen) atoms. The van der Waals surface area contributed by atoms with Crippen LogP contribution in [0.1, 0.15) is 39.7 Å². The minimum atomic E-state index is -4.48. The van der Waals surface area contributed by atoms with Crippen LogP contribution in [0.3, 0.4) is 0 Å². The number of para-hydroxylation sites is 1. The maximum Gasteiger partial charge on any atom is 0.416 e. The highest BCUT2D eigenvalue weighted by Gasteiger charge is 2.33. The Balaban J connectivity index is 1.76. The van der Waals surface area contributed by atoms with Gasteiger partial charge in [0.15, 0.2) is 5.13 Å². The summed E-state index contributed by atoms with van der Waals surface area (Å²) in [7, 11) is 0. The number of ether oxygens (including phenoxy) is 1. The number of halogens is 4. The molecule has 2 aromatic carbocycles. The van der Waals surface area contributed by atoms with E-state index in [0.717, 1.165) is 23.8 Å². The van der Waals surface area contributed by atoms with Gasteiger partial charge in [0, 0.05) is 22.5 Å². The monoisotopic (exact) mass is 454 g/mol. The van der Waals surface area contributed by atoms with Crippen molar-refractivity contribution in [2.24, 2.45) is 0 Å². The number of benzene rings is 2. The number of carbonyl (C=O) groups excluding carboxylic acids is 1. The van der Waals surface area contributed by atoms with E-state index in [1.807, 2.05) is 6.92 Å². The fourth-order valence-corrected chi connectivity index (χ4v) is 3.80. The van der Waals surface area contributed by atoms with Crippen molar-refractivity contribution in [3.63, 3.8) is 0 Å². The van der Waals surface area contributed by atoms with Crippen molar-refractivity contribution in [1.29, 1.82) is 0 Å². The third kappa shape index (κ3) is 5.52. The summed E-state index contributed by atoms with van der Waals surface area (Å²) in [6, 6.07) is 10.3. The van der Waals surface area contributed by atoms with Crippen molar-refractivity contribution in [2.75, 3.05) is 11.9 Å². The van der Waals surface area contributed by atoms with Gasteiger partial charge in [0.25, 0.3) is 5.91 Å². The number of hydrogen-bond donors (Lipinski definition) is 1. The molecule has 0 spiro atoms. The van der Waals surface area contributed by atoms with Gasteiger partial charge in [-0.25, -0.2) is 4.98 Å². The second-order valence-corrected chi connectivity index (χ2v) is 7.96. The van der Waals surface area contributed by atoms with Crippen LogP contribution in [0.25, 0.3) is 0 Å². The molecule has 3 aromatic rings. The Morgan fingerprint density at radius 1 is 1.23 bits per heavy atom.